The number of benzene rings is 2. The average molecular weight is 411 g/mol. The monoisotopic (exact) mass is 410 g/mol. The van der Waals surface area contributed by atoms with Crippen molar-refractivity contribution in [3.8, 4) is 11.5 Å². The molecule has 0 aromatic heterocycles. The van der Waals surface area contributed by atoms with Gasteiger partial charge >= 0.3 is 0 Å². The highest BCUT2D eigenvalue weighted by Gasteiger charge is 2.23. The number of hydrogen-bond acceptors (Lipinski definition) is 4. The highest BCUT2D eigenvalue weighted by molar-refractivity contribution is 5.79. The van der Waals surface area contributed by atoms with Gasteiger partial charge in [-0.15, -0.1) is 0 Å². The van der Waals surface area contributed by atoms with Crippen molar-refractivity contribution >= 4 is 11.9 Å². The minimum atomic E-state index is -0.0576. The van der Waals surface area contributed by atoms with Gasteiger partial charge < -0.3 is 25.4 Å². The molecule has 0 unspecified atom stereocenters. The summed E-state index contributed by atoms with van der Waals surface area (Å²) in [7, 11) is 3.42. The van der Waals surface area contributed by atoms with E-state index in [1.807, 2.05) is 48.5 Å². The molecular weight excluding hydrogens is 380 g/mol. The molecular formula is C23H30N4O3. The predicted octanol–water partition coefficient (Wildman–Crippen LogP) is 2.26. The quantitative estimate of drug-likeness (QED) is 0.413. The standard InChI is InChI=1S/C23H30N4O3/c1-24-23(26-15-18-5-3-4-6-21(18)29-2)25-14-13-17-7-11-20(12-8-17)30-16-22(28)27-19-9-10-19/h3-8,11-12,19H,9-10,13-16H2,1-2H3,(H,27,28)(H2,24,25,26). The lowest BCUT2D eigenvalue weighted by Gasteiger charge is -2.14. The number of carbonyl (C=O) groups is 1. The topological polar surface area (TPSA) is 84.0 Å². The Bertz CT molecular complexity index is 848. The number of nitrogens with zero attached hydrogens (tertiary/aromatic N) is 1. The Morgan fingerprint density at radius 2 is 1.87 bits per heavy atom. The van der Waals surface area contributed by atoms with Gasteiger partial charge in [0, 0.05) is 31.7 Å². The summed E-state index contributed by atoms with van der Waals surface area (Å²) < 4.78 is 10.9. The SMILES string of the molecule is CN=C(NCCc1ccc(OCC(=O)NC2CC2)cc1)NCc1ccccc1OC. The van der Waals surface area contributed by atoms with Crippen LogP contribution in [-0.4, -0.2) is 45.2 Å². The Balaban J connectivity index is 1.37. The number of hydrogen-bond donors (Lipinski definition) is 3. The van der Waals surface area contributed by atoms with E-state index in [-0.39, 0.29) is 12.5 Å². The Morgan fingerprint density at radius 3 is 2.57 bits per heavy atom. The van der Waals surface area contributed by atoms with Crippen LogP contribution in [0.1, 0.15) is 24.0 Å². The molecule has 1 aliphatic carbocycles. The Labute approximate surface area is 177 Å². The number of rotatable bonds is 10. The van der Waals surface area contributed by atoms with Gasteiger partial charge in [-0.3, -0.25) is 9.79 Å². The lowest BCUT2D eigenvalue weighted by molar-refractivity contribution is -0.123. The van der Waals surface area contributed by atoms with Gasteiger partial charge in [0.15, 0.2) is 12.6 Å². The molecule has 0 spiro atoms. The molecule has 160 valence electrons. The first-order valence-corrected chi connectivity index (χ1v) is 10.3. The van der Waals surface area contributed by atoms with Gasteiger partial charge in [0.05, 0.1) is 7.11 Å². The molecule has 1 aliphatic rings. The maximum absolute atomic E-state index is 11.7. The predicted molar refractivity (Wildman–Crippen MR) is 118 cm³/mol. The third kappa shape index (κ3) is 6.99. The van der Waals surface area contributed by atoms with Crippen LogP contribution >= 0.6 is 0 Å². The second kappa shape index (κ2) is 11.1. The van der Waals surface area contributed by atoms with E-state index >= 15 is 0 Å². The zero-order valence-electron chi connectivity index (χ0n) is 17.6. The van der Waals surface area contributed by atoms with E-state index in [4.69, 9.17) is 9.47 Å². The van der Waals surface area contributed by atoms with Gasteiger partial charge in [-0.05, 0) is 43.0 Å². The molecule has 1 fully saturated rings. The second-order valence-corrected chi connectivity index (χ2v) is 7.19. The zero-order valence-corrected chi connectivity index (χ0v) is 17.6. The highest BCUT2D eigenvalue weighted by atomic mass is 16.5. The van der Waals surface area contributed by atoms with Gasteiger partial charge in [0.2, 0.25) is 0 Å². The molecule has 0 atom stereocenters. The van der Waals surface area contributed by atoms with Crippen LogP contribution in [0.4, 0.5) is 0 Å². The Morgan fingerprint density at radius 1 is 1.10 bits per heavy atom. The highest BCUT2D eigenvalue weighted by Crippen LogP contribution is 2.19. The number of aliphatic imine (C=N–C) groups is 1. The molecule has 30 heavy (non-hydrogen) atoms. The van der Waals surface area contributed by atoms with E-state index in [1.54, 1.807) is 14.2 Å². The van der Waals surface area contributed by atoms with E-state index in [0.29, 0.717) is 18.3 Å². The smallest absolute Gasteiger partial charge is 0.258 e. The number of guanidine groups is 1. The molecule has 1 amide bonds. The molecule has 7 heteroatoms. The van der Waals surface area contributed by atoms with Crippen molar-refractivity contribution in [1.82, 2.24) is 16.0 Å². The lowest BCUT2D eigenvalue weighted by atomic mass is 10.1. The lowest BCUT2D eigenvalue weighted by Crippen LogP contribution is -2.37. The van der Waals surface area contributed by atoms with E-state index < -0.39 is 0 Å². The molecule has 3 rings (SSSR count). The molecule has 0 bridgehead atoms. The summed E-state index contributed by atoms with van der Waals surface area (Å²) in [4.78, 5) is 15.9. The van der Waals surface area contributed by atoms with Crippen LogP contribution in [0.5, 0.6) is 11.5 Å². The minimum absolute atomic E-state index is 0.0576. The molecule has 0 radical (unpaired) electrons. The first-order chi connectivity index (χ1) is 14.7. The molecule has 3 N–H and O–H groups in total. The maximum atomic E-state index is 11.7. The molecule has 2 aromatic rings. The van der Waals surface area contributed by atoms with Crippen molar-refractivity contribution in [3.63, 3.8) is 0 Å². The number of carbonyl (C=O) groups excluding carboxylic acids is 1. The molecule has 7 nitrogen and oxygen atoms in total. The van der Waals surface area contributed by atoms with Crippen LogP contribution < -0.4 is 25.4 Å². The summed E-state index contributed by atoms with van der Waals surface area (Å²) in [6.07, 6.45) is 3.00. The summed E-state index contributed by atoms with van der Waals surface area (Å²) in [5, 5.41) is 9.53. The average Bonchev–Trinajstić information content (AvgIpc) is 3.59. The summed E-state index contributed by atoms with van der Waals surface area (Å²) in [6, 6.07) is 16.1. The van der Waals surface area contributed by atoms with Crippen LogP contribution in [0.15, 0.2) is 53.5 Å². The summed E-state index contributed by atoms with van der Waals surface area (Å²) in [5.74, 6) is 2.24. The molecule has 0 saturated heterocycles. The molecule has 1 saturated carbocycles. The van der Waals surface area contributed by atoms with Gasteiger partial charge in [0.1, 0.15) is 11.5 Å². The van der Waals surface area contributed by atoms with Crippen LogP contribution in [0.2, 0.25) is 0 Å². The number of amides is 1. The molecule has 0 heterocycles. The number of methoxy groups -OCH3 is 1. The van der Waals surface area contributed by atoms with Crippen LogP contribution in [0.25, 0.3) is 0 Å². The van der Waals surface area contributed by atoms with Crippen molar-refractivity contribution in [3.05, 3.63) is 59.7 Å². The number of ether oxygens (including phenoxy) is 2. The van der Waals surface area contributed by atoms with Crippen molar-refractivity contribution in [2.75, 3.05) is 27.3 Å². The Hall–Kier alpha value is -3.22. The fourth-order valence-electron chi connectivity index (χ4n) is 2.97. The van der Waals surface area contributed by atoms with Gasteiger partial charge in [-0.2, -0.15) is 0 Å². The third-order valence-electron chi connectivity index (χ3n) is 4.80. The maximum Gasteiger partial charge on any atom is 0.258 e. The third-order valence-corrected chi connectivity index (χ3v) is 4.80. The van der Waals surface area contributed by atoms with Gasteiger partial charge in [0.25, 0.3) is 5.91 Å². The molecule has 0 aliphatic heterocycles. The van der Waals surface area contributed by atoms with Crippen LogP contribution in [-0.2, 0) is 17.8 Å². The second-order valence-electron chi connectivity index (χ2n) is 7.19. The summed E-state index contributed by atoms with van der Waals surface area (Å²) in [6.45, 7) is 1.44. The molecule has 2 aromatic carbocycles. The fourth-order valence-corrected chi connectivity index (χ4v) is 2.97. The van der Waals surface area contributed by atoms with Crippen molar-refractivity contribution in [2.24, 2.45) is 4.99 Å². The summed E-state index contributed by atoms with van der Waals surface area (Å²) >= 11 is 0. The van der Waals surface area contributed by atoms with Crippen molar-refractivity contribution in [2.45, 2.75) is 31.8 Å². The number of para-hydroxylation sites is 1. The van der Waals surface area contributed by atoms with Crippen LogP contribution in [0.3, 0.4) is 0 Å². The first-order valence-electron chi connectivity index (χ1n) is 10.3. The van der Waals surface area contributed by atoms with E-state index in [9.17, 15) is 4.79 Å². The number of nitrogens with one attached hydrogen (secondary N) is 3. The van der Waals surface area contributed by atoms with Crippen molar-refractivity contribution in [1.29, 1.82) is 0 Å². The summed E-state index contributed by atoms with van der Waals surface area (Å²) in [5.41, 5.74) is 2.25. The minimum Gasteiger partial charge on any atom is -0.496 e. The Kier molecular flexibility index (Phi) is 7.94. The fraction of sp³-hybridized carbons (Fsp3) is 0.391. The van der Waals surface area contributed by atoms with E-state index in [2.05, 4.69) is 20.9 Å². The largest absolute Gasteiger partial charge is 0.496 e. The normalized spacial score (nSPS) is 13.5. The van der Waals surface area contributed by atoms with Crippen molar-refractivity contribution < 1.29 is 14.3 Å². The van der Waals surface area contributed by atoms with E-state index in [1.165, 1.54) is 5.56 Å². The van der Waals surface area contributed by atoms with Gasteiger partial charge in [-0.1, -0.05) is 30.3 Å². The first kappa shape index (κ1) is 21.5. The zero-order chi connectivity index (χ0) is 21.2. The van der Waals surface area contributed by atoms with Crippen LogP contribution in [0, 0.1) is 0 Å². The van der Waals surface area contributed by atoms with Gasteiger partial charge in [-0.25, -0.2) is 0 Å². The van der Waals surface area contributed by atoms with E-state index in [0.717, 1.165) is 43.1 Å².